The van der Waals surface area contributed by atoms with E-state index in [1.165, 1.54) is 11.8 Å². The summed E-state index contributed by atoms with van der Waals surface area (Å²) >= 11 is 1.34. The molecule has 0 bridgehead atoms. The molecule has 0 spiro atoms. The van der Waals surface area contributed by atoms with E-state index in [9.17, 15) is 19.2 Å². The van der Waals surface area contributed by atoms with E-state index in [0.717, 1.165) is 11.3 Å². The van der Waals surface area contributed by atoms with Gasteiger partial charge in [-0.3, -0.25) is 19.2 Å². The number of fused-ring (bicyclic) bond motifs is 2. The summed E-state index contributed by atoms with van der Waals surface area (Å²) in [7, 11) is 0. The van der Waals surface area contributed by atoms with Crippen LogP contribution in [0, 0.1) is 0 Å². The zero-order valence-electron chi connectivity index (χ0n) is 18.9. The summed E-state index contributed by atoms with van der Waals surface area (Å²) < 4.78 is 0. The van der Waals surface area contributed by atoms with Crippen LogP contribution >= 0.6 is 11.8 Å². The molecule has 0 radical (unpaired) electrons. The van der Waals surface area contributed by atoms with E-state index in [4.69, 9.17) is 0 Å². The first-order valence-electron chi connectivity index (χ1n) is 11.1. The van der Waals surface area contributed by atoms with E-state index in [1.807, 2.05) is 25.1 Å². The summed E-state index contributed by atoms with van der Waals surface area (Å²) in [6.45, 7) is 3.71. The van der Waals surface area contributed by atoms with Gasteiger partial charge in [-0.1, -0.05) is 49.4 Å². The molecule has 3 aromatic carbocycles. The quantitative estimate of drug-likeness (QED) is 0.355. The average Bonchev–Trinajstić information content (AvgIpc) is 2.82. The Labute approximate surface area is 202 Å². The van der Waals surface area contributed by atoms with Crippen molar-refractivity contribution in [3.05, 3.63) is 89.0 Å². The Kier molecular flexibility index (Phi) is 6.93. The summed E-state index contributed by atoms with van der Waals surface area (Å²) in [6, 6.07) is 18.9. The molecule has 0 heterocycles. The van der Waals surface area contributed by atoms with Gasteiger partial charge in [0.05, 0.1) is 16.5 Å². The fourth-order valence-electron chi connectivity index (χ4n) is 3.84. The van der Waals surface area contributed by atoms with Gasteiger partial charge in [-0.15, -0.1) is 11.8 Å². The second-order valence-corrected chi connectivity index (χ2v) is 9.42. The molecule has 0 fully saturated rings. The van der Waals surface area contributed by atoms with Gasteiger partial charge in [0.15, 0.2) is 11.6 Å². The Morgan fingerprint density at radius 1 is 0.853 bits per heavy atom. The van der Waals surface area contributed by atoms with Crippen molar-refractivity contribution in [2.75, 3.05) is 10.6 Å². The van der Waals surface area contributed by atoms with Crippen LogP contribution < -0.4 is 10.6 Å². The maximum absolute atomic E-state index is 13.1. The van der Waals surface area contributed by atoms with Crippen LogP contribution in [-0.2, 0) is 9.59 Å². The Morgan fingerprint density at radius 3 is 2.26 bits per heavy atom. The Hall–Kier alpha value is -3.71. The van der Waals surface area contributed by atoms with Gasteiger partial charge in [-0.05, 0) is 37.6 Å². The Balaban J connectivity index is 1.51. The fourth-order valence-corrected chi connectivity index (χ4v) is 4.77. The van der Waals surface area contributed by atoms with Crippen molar-refractivity contribution in [3.8, 4) is 0 Å². The molecular formula is C27H24N2O4S. The Bertz CT molecular complexity index is 1300. The second-order valence-electron chi connectivity index (χ2n) is 8.01. The minimum absolute atomic E-state index is 0.0509. The van der Waals surface area contributed by atoms with Crippen LogP contribution in [0.1, 0.15) is 58.5 Å². The molecule has 1 unspecified atom stereocenters. The van der Waals surface area contributed by atoms with Crippen molar-refractivity contribution in [2.45, 2.75) is 36.8 Å². The lowest BCUT2D eigenvalue weighted by Gasteiger charge is -2.21. The number of amides is 2. The number of rotatable bonds is 7. The summed E-state index contributed by atoms with van der Waals surface area (Å²) in [5, 5.41) is 5.20. The van der Waals surface area contributed by atoms with Crippen LogP contribution in [0.25, 0.3) is 0 Å². The molecule has 0 saturated heterocycles. The zero-order chi connectivity index (χ0) is 24.2. The standard InChI is InChI=1S/C27H24N2O4S/c1-3-8-23(30)28-17-9-6-10-18(15-17)34-16(2)27(33)29-22-14-7-13-21-24(22)26(32)20-12-5-4-11-19(20)25(21)31/h4-7,9-16H,3,8H2,1-2H3,(H,28,30)(H,29,33). The third kappa shape index (κ3) is 4.79. The van der Waals surface area contributed by atoms with Crippen molar-refractivity contribution in [3.63, 3.8) is 0 Å². The van der Waals surface area contributed by atoms with Crippen molar-refractivity contribution in [1.82, 2.24) is 0 Å². The molecule has 0 aliphatic heterocycles. The van der Waals surface area contributed by atoms with Gasteiger partial charge in [0.1, 0.15) is 0 Å². The third-order valence-electron chi connectivity index (χ3n) is 5.49. The molecule has 1 aliphatic rings. The van der Waals surface area contributed by atoms with Crippen LogP contribution in [0.2, 0.25) is 0 Å². The molecule has 3 aromatic rings. The molecule has 0 aromatic heterocycles. The van der Waals surface area contributed by atoms with Gasteiger partial charge >= 0.3 is 0 Å². The van der Waals surface area contributed by atoms with Crippen molar-refractivity contribution in [1.29, 1.82) is 0 Å². The summed E-state index contributed by atoms with van der Waals surface area (Å²) in [5.74, 6) is -0.856. The lowest BCUT2D eigenvalue weighted by molar-refractivity contribution is -0.116. The molecule has 2 amide bonds. The lowest BCUT2D eigenvalue weighted by atomic mass is 9.83. The topological polar surface area (TPSA) is 92.3 Å². The molecule has 0 saturated carbocycles. The molecule has 2 N–H and O–H groups in total. The number of ketones is 2. The Morgan fingerprint density at radius 2 is 1.53 bits per heavy atom. The van der Waals surface area contributed by atoms with Gasteiger partial charge in [0.25, 0.3) is 0 Å². The lowest BCUT2D eigenvalue weighted by Crippen LogP contribution is -2.27. The number of thioether (sulfide) groups is 1. The molecule has 4 rings (SSSR count). The number of hydrogen-bond acceptors (Lipinski definition) is 5. The van der Waals surface area contributed by atoms with Crippen LogP contribution in [0.5, 0.6) is 0 Å². The van der Waals surface area contributed by atoms with E-state index in [1.54, 1.807) is 55.5 Å². The average molecular weight is 473 g/mol. The highest BCUT2D eigenvalue weighted by molar-refractivity contribution is 8.00. The van der Waals surface area contributed by atoms with E-state index < -0.39 is 5.25 Å². The molecular weight excluding hydrogens is 448 g/mol. The highest BCUT2D eigenvalue weighted by atomic mass is 32.2. The highest BCUT2D eigenvalue weighted by Gasteiger charge is 2.32. The smallest absolute Gasteiger partial charge is 0.237 e. The molecule has 1 aliphatic carbocycles. The van der Waals surface area contributed by atoms with Gasteiger partial charge in [0, 0.05) is 33.7 Å². The number of hydrogen-bond donors (Lipinski definition) is 2. The van der Waals surface area contributed by atoms with Gasteiger partial charge in [-0.2, -0.15) is 0 Å². The molecule has 34 heavy (non-hydrogen) atoms. The number of benzene rings is 3. The van der Waals surface area contributed by atoms with Crippen molar-refractivity contribution < 1.29 is 19.2 Å². The first-order chi connectivity index (χ1) is 16.4. The molecule has 1 atom stereocenters. The van der Waals surface area contributed by atoms with Gasteiger partial charge < -0.3 is 10.6 Å². The molecule has 172 valence electrons. The van der Waals surface area contributed by atoms with Crippen LogP contribution in [-0.4, -0.2) is 28.6 Å². The van der Waals surface area contributed by atoms with Crippen molar-refractivity contribution in [2.24, 2.45) is 0 Å². The second kappa shape index (κ2) is 10.1. The van der Waals surface area contributed by atoms with Crippen LogP contribution in [0.4, 0.5) is 11.4 Å². The first kappa shape index (κ1) is 23.4. The maximum Gasteiger partial charge on any atom is 0.237 e. The predicted molar refractivity (Wildman–Crippen MR) is 134 cm³/mol. The molecule has 7 heteroatoms. The molecule has 6 nitrogen and oxygen atoms in total. The number of carbonyl (C=O) groups is 4. The zero-order valence-corrected chi connectivity index (χ0v) is 19.7. The van der Waals surface area contributed by atoms with E-state index in [0.29, 0.717) is 28.9 Å². The summed E-state index contributed by atoms with van der Waals surface area (Å²) in [6.07, 6.45) is 1.21. The fraction of sp³-hybridized carbons (Fsp3) is 0.185. The largest absolute Gasteiger partial charge is 0.326 e. The highest BCUT2D eigenvalue weighted by Crippen LogP contribution is 2.33. The minimum atomic E-state index is -0.487. The van der Waals surface area contributed by atoms with E-state index in [2.05, 4.69) is 10.6 Å². The van der Waals surface area contributed by atoms with Gasteiger partial charge in [-0.25, -0.2) is 0 Å². The van der Waals surface area contributed by atoms with E-state index >= 15 is 0 Å². The van der Waals surface area contributed by atoms with Crippen molar-refractivity contribution >= 4 is 46.5 Å². The van der Waals surface area contributed by atoms with Crippen LogP contribution in [0.3, 0.4) is 0 Å². The third-order valence-corrected chi connectivity index (χ3v) is 6.58. The summed E-state index contributed by atoms with van der Waals surface area (Å²) in [4.78, 5) is 51.7. The van der Waals surface area contributed by atoms with Gasteiger partial charge in [0.2, 0.25) is 11.8 Å². The number of carbonyl (C=O) groups excluding carboxylic acids is 4. The minimum Gasteiger partial charge on any atom is -0.326 e. The monoisotopic (exact) mass is 472 g/mol. The number of nitrogens with one attached hydrogen (secondary N) is 2. The number of anilines is 2. The van der Waals surface area contributed by atoms with E-state index in [-0.39, 0.29) is 34.5 Å². The summed E-state index contributed by atoms with van der Waals surface area (Å²) in [5.41, 5.74) is 2.22. The SMILES string of the molecule is CCCC(=O)Nc1cccc(SC(C)C(=O)Nc2cccc3c2C(=O)c2ccccc2C3=O)c1. The van der Waals surface area contributed by atoms with Crippen LogP contribution in [0.15, 0.2) is 71.6 Å². The normalized spacial score (nSPS) is 13.0. The predicted octanol–water partition coefficient (Wildman–Crippen LogP) is 5.32. The maximum atomic E-state index is 13.1. The first-order valence-corrected chi connectivity index (χ1v) is 12.0.